The van der Waals surface area contributed by atoms with Crippen molar-refractivity contribution in [2.75, 3.05) is 37.1 Å². The normalized spacial score (nSPS) is 17.7. The molecule has 2 aromatic heterocycles. The van der Waals surface area contributed by atoms with Crippen LogP contribution in [0.25, 0.3) is 11.3 Å². The maximum atomic E-state index is 6.26. The molecule has 0 aliphatic carbocycles. The molecule has 1 saturated heterocycles. The predicted octanol–water partition coefficient (Wildman–Crippen LogP) is 1.30. The second-order valence-electron chi connectivity index (χ2n) is 5.31. The Morgan fingerprint density at radius 1 is 1.35 bits per heavy atom. The van der Waals surface area contributed by atoms with E-state index in [1.54, 1.807) is 19.4 Å². The molecule has 5 N–H and O–H groups in total. The van der Waals surface area contributed by atoms with Gasteiger partial charge < -0.3 is 26.3 Å². The molecule has 2 aromatic rings. The number of pyridine rings is 1. The van der Waals surface area contributed by atoms with Crippen molar-refractivity contribution in [1.29, 1.82) is 0 Å². The smallest absolute Gasteiger partial charge is 0.222 e. The van der Waals surface area contributed by atoms with Crippen LogP contribution in [0.15, 0.2) is 18.3 Å². The lowest BCUT2D eigenvalue weighted by Crippen LogP contribution is -2.31. The van der Waals surface area contributed by atoms with Crippen LogP contribution in [0.5, 0.6) is 5.88 Å². The van der Waals surface area contributed by atoms with E-state index in [0.717, 1.165) is 19.4 Å². The molecule has 3 rings (SSSR count). The summed E-state index contributed by atoms with van der Waals surface area (Å²) in [5.74, 6) is 1.08. The number of nitrogen functional groups attached to an aromatic ring is 2. The predicted molar refractivity (Wildman–Crippen MR) is 88.1 cm³/mol. The Labute approximate surface area is 134 Å². The van der Waals surface area contributed by atoms with Crippen LogP contribution in [0.2, 0.25) is 0 Å². The standard InChI is InChI=1S/C15H20N6O2/c1-22-14-10(5-2-6-18-14)12-11(16)13(21-15(17)20-12)19-9-4-3-7-23-8-9/h2,5-6,9H,3-4,7-8,16H2,1H3,(H3,17,19,20,21). The van der Waals surface area contributed by atoms with Crippen LogP contribution >= 0.6 is 0 Å². The lowest BCUT2D eigenvalue weighted by Gasteiger charge is -2.24. The molecule has 1 aliphatic rings. The summed E-state index contributed by atoms with van der Waals surface area (Å²) in [4.78, 5) is 12.6. The Kier molecular flexibility index (Phi) is 4.42. The van der Waals surface area contributed by atoms with Gasteiger partial charge >= 0.3 is 0 Å². The maximum Gasteiger partial charge on any atom is 0.222 e. The zero-order chi connectivity index (χ0) is 16.2. The van der Waals surface area contributed by atoms with E-state index in [4.69, 9.17) is 20.9 Å². The highest BCUT2D eigenvalue weighted by Crippen LogP contribution is 2.34. The summed E-state index contributed by atoms with van der Waals surface area (Å²) in [6.07, 6.45) is 3.64. The van der Waals surface area contributed by atoms with Crippen LogP contribution in [-0.2, 0) is 4.74 Å². The van der Waals surface area contributed by atoms with Gasteiger partial charge in [0, 0.05) is 12.8 Å². The summed E-state index contributed by atoms with van der Waals surface area (Å²) in [6, 6.07) is 3.78. The number of nitrogens with zero attached hydrogens (tertiary/aromatic N) is 3. The minimum atomic E-state index is 0.138. The van der Waals surface area contributed by atoms with Crippen molar-refractivity contribution in [3.63, 3.8) is 0 Å². The van der Waals surface area contributed by atoms with Crippen LogP contribution in [0.1, 0.15) is 12.8 Å². The second-order valence-corrected chi connectivity index (χ2v) is 5.31. The van der Waals surface area contributed by atoms with Crippen molar-refractivity contribution in [3.8, 4) is 17.1 Å². The quantitative estimate of drug-likeness (QED) is 0.771. The summed E-state index contributed by atoms with van der Waals surface area (Å²) in [5, 5.41) is 3.30. The highest BCUT2D eigenvalue weighted by Gasteiger charge is 2.20. The van der Waals surface area contributed by atoms with E-state index in [1.807, 2.05) is 6.07 Å². The van der Waals surface area contributed by atoms with E-state index >= 15 is 0 Å². The molecule has 1 fully saturated rings. The van der Waals surface area contributed by atoms with Crippen LogP contribution < -0.4 is 21.5 Å². The highest BCUT2D eigenvalue weighted by atomic mass is 16.5. The van der Waals surface area contributed by atoms with Crippen LogP contribution in [0.4, 0.5) is 17.5 Å². The molecule has 8 heteroatoms. The minimum Gasteiger partial charge on any atom is -0.481 e. The van der Waals surface area contributed by atoms with Gasteiger partial charge in [-0.25, -0.2) is 9.97 Å². The zero-order valence-electron chi connectivity index (χ0n) is 13.0. The highest BCUT2D eigenvalue weighted by molar-refractivity contribution is 5.83. The van der Waals surface area contributed by atoms with Gasteiger partial charge in [-0.2, -0.15) is 4.98 Å². The third-order valence-electron chi connectivity index (χ3n) is 3.68. The van der Waals surface area contributed by atoms with E-state index in [2.05, 4.69) is 20.3 Å². The van der Waals surface area contributed by atoms with Gasteiger partial charge in [0.05, 0.1) is 25.3 Å². The summed E-state index contributed by atoms with van der Waals surface area (Å²) in [5.41, 5.74) is 13.7. The monoisotopic (exact) mass is 316 g/mol. The number of nitrogens with one attached hydrogen (secondary N) is 1. The van der Waals surface area contributed by atoms with Crippen molar-refractivity contribution < 1.29 is 9.47 Å². The lowest BCUT2D eigenvalue weighted by atomic mass is 10.1. The summed E-state index contributed by atoms with van der Waals surface area (Å²) >= 11 is 0. The number of rotatable bonds is 4. The first kappa shape index (κ1) is 15.3. The topological polar surface area (TPSA) is 121 Å². The van der Waals surface area contributed by atoms with Crippen molar-refractivity contribution in [3.05, 3.63) is 18.3 Å². The number of methoxy groups -OCH3 is 1. The van der Waals surface area contributed by atoms with E-state index in [9.17, 15) is 0 Å². The van der Waals surface area contributed by atoms with Gasteiger partial charge in [0.15, 0.2) is 5.82 Å². The molecule has 3 heterocycles. The largest absolute Gasteiger partial charge is 0.481 e. The first-order valence-electron chi connectivity index (χ1n) is 7.45. The van der Waals surface area contributed by atoms with Crippen LogP contribution in [-0.4, -0.2) is 41.3 Å². The van der Waals surface area contributed by atoms with Crippen molar-refractivity contribution in [2.24, 2.45) is 0 Å². The molecule has 122 valence electrons. The Bertz CT molecular complexity index is 688. The molecule has 1 aliphatic heterocycles. The van der Waals surface area contributed by atoms with Crippen molar-refractivity contribution in [2.45, 2.75) is 18.9 Å². The fourth-order valence-corrected chi connectivity index (χ4v) is 2.58. The van der Waals surface area contributed by atoms with Gasteiger partial charge in [-0.05, 0) is 25.0 Å². The Balaban J connectivity index is 1.98. The third kappa shape index (κ3) is 3.26. The van der Waals surface area contributed by atoms with Gasteiger partial charge in [-0.1, -0.05) is 0 Å². The van der Waals surface area contributed by atoms with Gasteiger partial charge in [0.25, 0.3) is 0 Å². The van der Waals surface area contributed by atoms with Crippen LogP contribution in [0, 0.1) is 0 Å². The molecule has 1 unspecified atom stereocenters. The molecule has 0 saturated carbocycles. The average Bonchev–Trinajstić information content (AvgIpc) is 2.58. The molecule has 23 heavy (non-hydrogen) atoms. The number of hydrogen-bond acceptors (Lipinski definition) is 8. The van der Waals surface area contributed by atoms with Gasteiger partial charge in [0.1, 0.15) is 11.4 Å². The average molecular weight is 316 g/mol. The Hall–Kier alpha value is -2.61. The molecule has 0 amide bonds. The van der Waals surface area contributed by atoms with Crippen LogP contribution in [0.3, 0.4) is 0 Å². The summed E-state index contributed by atoms with van der Waals surface area (Å²) < 4.78 is 10.7. The maximum absolute atomic E-state index is 6.26. The number of nitrogens with two attached hydrogens (primary N) is 2. The molecular formula is C15H20N6O2. The first-order chi connectivity index (χ1) is 11.2. The Morgan fingerprint density at radius 2 is 2.22 bits per heavy atom. The molecule has 0 bridgehead atoms. The molecule has 1 atom stereocenters. The summed E-state index contributed by atoms with van der Waals surface area (Å²) in [6.45, 7) is 1.41. The number of anilines is 3. The second kappa shape index (κ2) is 6.66. The van der Waals surface area contributed by atoms with Crippen molar-refractivity contribution in [1.82, 2.24) is 15.0 Å². The molecule has 0 radical (unpaired) electrons. The molecule has 0 aromatic carbocycles. The van der Waals surface area contributed by atoms with E-state index in [-0.39, 0.29) is 12.0 Å². The SMILES string of the molecule is COc1ncccc1-c1nc(N)nc(NC2CCCOC2)c1N. The zero-order valence-corrected chi connectivity index (χ0v) is 13.0. The minimum absolute atomic E-state index is 0.138. The molecule has 0 spiro atoms. The Morgan fingerprint density at radius 3 is 2.96 bits per heavy atom. The number of aromatic nitrogens is 3. The fourth-order valence-electron chi connectivity index (χ4n) is 2.58. The number of ether oxygens (including phenoxy) is 2. The third-order valence-corrected chi connectivity index (χ3v) is 3.68. The number of hydrogen-bond donors (Lipinski definition) is 3. The van der Waals surface area contributed by atoms with Gasteiger partial charge in [-0.15, -0.1) is 0 Å². The molecular weight excluding hydrogens is 296 g/mol. The van der Waals surface area contributed by atoms with Gasteiger partial charge in [-0.3, -0.25) is 0 Å². The fraction of sp³-hybridized carbons (Fsp3) is 0.400. The summed E-state index contributed by atoms with van der Waals surface area (Å²) in [7, 11) is 1.55. The van der Waals surface area contributed by atoms with E-state index in [0.29, 0.717) is 35.2 Å². The molecule has 8 nitrogen and oxygen atoms in total. The van der Waals surface area contributed by atoms with Gasteiger partial charge in [0.2, 0.25) is 11.8 Å². The van der Waals surface area contributed by atoms with E-state index < -0.39 is 0 Å². The first-order valence-corrected chi connectivity index (χ1v) is 7.45. The van der Waals surface area contributed by atoms with E-state index in [1.165, 1.54) is 0 Å². The lowest BCUT2D eigenvalue weighted by molar-refractivity contribution is 0.0875. The van der Waals surface area contributed by atoms with Crippen molar-refractivity contribution >= 4 is 17.5 Å².